The zero-order valence-corrected chi connectivity index (χ0v) is 12.5. The topological polar surface area (TPSA) is 29.5 Å². The molecule has 2 aromatic carbocycles. The van der Waals surface area contributed by atoms with Crippen LogP contribution in [0.5, 0.6) is 5.75 Å². The minimum absolute atomic E-state index is 0.0417. The lowest BCUT2D eigenvalue weighted by atomic mass is 10.0. The fraction of sp³-hybridized carbons (Fsp3) is 0.278. The molecule has 1 aliphatic rings. The Hall–Kier alpha value is -2.43. The minimum Gasteiger partial charge on any atom is -0.484 e. The quantitative estimate of drug-likeness (QED) is 0.860. The molecule has 1 saturated heterocycles. The number of amides is 1. The van der Waals surface area contributed by atoms with Crippen molar-refractivity contribution in [3.63, 3.8) is 0 Å². The molecule has 2 aromatic rings. The largest absolute Gasteiger partial charge is 0.484 e. The van der Waals surface area contributed by atoms with Crippen LogP contribution in [0.2, 0.25) is 0 Å². The van der Waals surface area contributed by atoms with Gasteiger partial charge in [-0.25, -0.2) is 8.78 Å². The molecule has 120 valence electrons. The average Bonchev–Trinajstić information content (AvgIpc) is 3.04. The minimum atomic E-state index is -0.348. The molecule has 0 spiro atoms. The molecule has 0 aliphatic carbocycles. The summed E-state index contributed by atoms with van der Waals surface area (Å²) in [6, 6.07) is 11.8. The van der Waals surface area contributed by atoms with Crippen molar-refractivity contribution in [3.05, 3.63) is 65.7 Å². The summed E-state index contributed by atoms with van der Waals surface area (Å²) < 4.78 is 31.3. The van der Waals surface area contributed by atoms with Gasteiger partial charge in [0.2, 0.25) is 0 Å². The first-order valence-corrected chi connectivity index (χ1v) is 7.57. The lowest BCUT2D eigenvalue weighted by molar-refractivity contribution is -0.134. The van der Waals surface area contributed by atoms with Crippen LogP contribution < -0.4 is 4.74 Å². The molecule has 1 atom stereocenters. The second-order valence-electron chi connectivity index (χ2n) is 5.54. The first kappa shape index (κ1) is 15.5. The third-order valence-electron chi connectivity index (χ3n) is 4.00. The number of hydrogen-bond donors (Lipinski definition) is 0. The first-order valence-electron chi connectivity index (χ1n) is 7.57. The van der Waals surface area contributed by atoms with Crippen molar-refractivity contribution in [1.29, 1.82) is 0 Å². The number of benzene rings is 2. The number of hydrogen-bond acceptors (Lipinski definition) is 2. The van der Waals surface area contributed by atoms with Crippen LogP contribution in [0.3, 0.4) is 0 Å². The number of ether oxygens (including phenoxy) is 1. The summed E-state index contributed by atoms with van der Waals surface area (Å²) in [6.07, 6.45) is 1.76. The molecule has 1 fully saturated rings. The van der Waals surface area contributed by atoms with E-state index in [1.54, 1.807) is 17.0 Å². The van der Waals surface area contributed by atoms with Crippen molar-refractivity contribution in [1.82, 2.24) is 4.90 Å². The molecule has 23 heavy (non-hydrogen) atoms. The summed E-state index contributed by atoms with van der Waals surface area (Å²) >= 11 is 0. The van der Waals surface area contributed by atoms with Crippen molar-refractivity contribution < 1.29 is 18.3 Å². The number of halogens is 2. The van der Waals surface area contributed by atoms with Gasteiger partial charge in [0, 0.05) is 6.54 Å². The molecule has 1 heterocycles. The van der Waals surface area contributed by atoms with Crippen molar-refractivity contribution in [2.45, 2.75) is 18.9 Å². The molecule has 3 rings (SSSR count). The number of likely N-dealkylation sites (tertiary alicyclic amines) is 1. The van der Waals surface area contributed by atoms with Crippen LogP contribution in [0, 0.1) is 11.6 Å². The second-order valence-corrected chi connectivity index (χ2v) is 5.54. The predicted molar refractivity (Wildman–Crippen MR) is 82.0 cm³/mol. The molecule has 0 bridgehead atoms. The number of carbonyl (C=O) groups is 1. The number of nitrogens with zero attached hydrogens (tertiary/aromatic N) is 1. The first-order chi connectivity index (χ1) is 11.1. The van der Waals surface area contributed by atoms with E-state index < -0.39 is 0 Å². The van der Waals surface area contributed by atoms with E-state index in [0.717, 1.165) is 18.4 Å². The molecule has 1 amide bonds. The third kappa shape index (κ3) is 3.67. The molecule has 0 N–H and O–H groups in total. The van der Waals surface area contributed by atoms with Crippen LogP contribution >= 0.6 is 0 Å². The van der Waals surface area contributed by atoms with Crippen molar-refractivity contribution >= 4 is 5.91 Å². The molecule has 0 radical (unpaired) electrons. The summed E-state index contributed by atoms with van der Waals surface area (Å²) in [5.74, 6) is -0.303. The van der Waals surface area contributed by atoms with Gasteiger partial charge in [-0.15, -0.1) is 0 Å². The summed E-state index contributed by atoms with van der Waals surface area (Å²) in [4.78, 5) is 14.1. The van der Waals surface area contributed by atoms with Gasteiger partial charge in [0.25, 0.3) is 5.91 Å². The summed E-state index contributed by atoms with van der Waals surface area (Å²) in [7, 11) is 0. The van der Waals surface area contributed by atoms with Gasteiger partial charge in [-0.3, -0.25) is 4.79 Å². The van der Waals surface area contributed by atoms with Crippen LogP contribution in [0.15, 0.2) is 48.5 Å². The Labute approximate surface area is 133 Å². The Kier molecular flexibility index (Phi) is 4.55. The molecular weight excluding hydrogens is 300 g/mol. The van der Waals surface area contributed by atoms with Crippen LogP contribution in [0.4, 0.5) is 8.78 Å². The Bertz CT molecular complexity index is 670. The van der Waals surface area contributed by atoms with Gasteiger partial charge in [-0.05, 0) is 54.8 Å². The Morgan fingerprint density at radius 2 is 1.65 bits per heavy atom. The van der Waals surface area contributed by atoms with Gasteiger partial charge in [0.05, 0.1) is 6.04 Å². The van der Waals surface area contributed by atoms with E-state index in [1.165, 1.54) is 36.4 Å². The SMILES string of the molecule is O=C(COc1ccc(F)cc1)N1CCCC1c1ccc(F)cc1. The highest BCUT2D eigenvalue weighted by molar-refractivity contribution is 5.78. The average molecular weight is 317 g/mol. The van der Waals surface area contributed by atoms with E-state index in [4.69, 9.17) is 4.74 Å². The normalized spacial score (nSPS) is 17.3. The van der Waals surface area contributed by atoms with Gasteiger partial charge in [-0.1, -0.05) is 12.1 Å². The van der Waals surface area contributed by atoms with Crippen molar-refractivity contribution in [3.8, 4) is 5.75 Å². The van der Waals surface area contributed by atoms with Crippen LogP contribution in [0.1, 0.15) is 24.4 Å². The second kappa shape index (κ2) is 6.77. The number of rotatable bonds is 4. The van der Waals surface area contributed by atoms with E-state index in [-0.39, 0.29) is 30.2 Å². The summed E-state index contributed by atoms with van der Waals surface area (Å²) in [5, 5.41) is 0. The molecular formula is C18H17F2NO2. The molecule has 5 heteroatoms. The maximum atomic E-state index is 13.0. The zero-order valence-electron chi connectivity index (χ0n) is 12.5. The van der Waals surface area contributed by atoms with Gasteiger partial charge in [-0.2, -0.15) is 0 Å². The van der Waals surface area contributed by atoms with Crippen LogP contribution in [-0.4, -0.2) is 24.0 Å². The molecule has 0 aromatic heterocycles. The van der Waals surface area contributed by atoms with Gasteiger partial charge >= 0.3 is 0 Å². The lowest BCUT2D eigenvalue weighted by Crippen LogP contribution is -2.34. The van der Waals surface area contributed by atoms with Gasteiger partial charge < -0.3 is 9.64 Å². The van der Waals surface area contributed by atoms with E-state index >= 15 is 0 Å². The molecule has 1 aliphatic heterocycles. The van der Waals surface area contributed by atoms with E-state index in [2.05, 4.69) is 0 Å². The highest BCUT2D eigenvalue weighted by atomic mass is 19.1. The number of carbonyl (C=O) groups excluding carboxylic acids is 1. The lowest BCUT2D eigenvalue weighted by Gasteiger charge is -2.25. The predicted octanol–water partition coefficient (Wildman–Crippen LogP) is 3.71. The van der Waals surface area contributed by atoms with Crippen LogP contribution in [0.25, 0.3) is 0 Å². The van der Waals surface area contributed by atoms with Gasteiger partial charge in [0.1, 0.15) is 17.4 Å². The fourth-order valence-corrected chi connectivity index (χ4v) is 2.86. The summed E-state index contributed by atoms with van der Waals surface area (Å²) in [5.41, 5.74) is 0.930. The Balaban J connectivity index is 1.63. The highest BCUT2D eigenvalue weighted by Gasteiger charge is 2.30. The zero-order chi connectivity index (χ0) is 16.2. The van der Waals surface area contributed by atoms with E-state index in [0.29, 0.717) is 12.3 Å². The fourth-order valence-electron chi connectivity index (χ4n) is 2.86. The third-order valence-corrected chi connectivity index (χ3v) is 4.00. The van der Waals surface area contributed by atoms with Crippen LogP contribution in [-0.2, 0) is 4.79 Å². The van der Waals surface area contributed by atoms with E-state index in [1.807, 2.05) is 0 Å². The van der Waals surface area contributed by atoms with Crippen molar-refractivity contribution in [2.75, 3.05) is 13.2 Å². The highest BCUT2D eigenvalue weighted by Crippen LogP contribution is 2.32. The molecule has 0 saturated carbocycles. The molecule has 3 nitrogen and oxygen atoms in total. The van der Waals surface area contributed by atoms with Gasteiger partial charge in [0.15, 0.2) is 6.61 Å². The Morgan fingerprint density at radius 1 is 1.04 bits per heavy atom. The maximum absolute atomic E-state index is 13.0. The standard InChI is InChI=1S/C18H17F2NO2/c19-14-5-3-13(4-6-14)17-2-1-11-21(17)18(22)12-23-16-9-7-15(20)8-10-16/h3-10,17H,1-2,11-12H2. The maximum Gasteiger partial charge on any atom is 0.261 e. The monoisotopic (exact) mass is 317 g/mol. The van der Waals surface area contributed by atoms with E-state index in [9.17, 15) is 13.6 Å². The smallest absolute Gasteiger partial charge is 0.261 e. The Morgan fingerprint density at radius 3 is 2.30 bits per heavy atom. The summed E-state index contributed by atoms with van der Waals surface area (Å²) in [6.45, 7) is 0.566. The van der Waals surface area contributed by atoms with Crippen molar-refractivity contribution in [2.24, 2.45) is 0 Å². The molecule has 1 unspecified atom stereocenters.